The first-order valence-corrected chi connectivity index (χ1v) is 5.37. The van der Waals surface area contributed by atoms with Crippen molar-refractivity contribution in [3.05, 3.63) is 64.2 Å². The Kier molecular flexibility index (Phi) is 3.20. The van der Waals surface area contributed by atoms with Gasteiger partial charge in [0, 0.05) is 22.3 Å². The SMILES string of the molecule is Cc1ccc(C(=O)c2cncc(F)c2)cc1Cl. The van der Waals surface area contributed by atoms with Crippen molar-refractivity contribution in [2.45, 2.75) is 6.92 Å². The zero-order valence-corrected chi connectivity index (χ0v) is 9.83. The van der Waals surface area contributed by atoms with E-state index in [0.29, 0.717) is 10.6 Å². The van der Waals surface area contributed by atoms with Gasteiger partial charge in [-0.3, -0.25) is 9.78 Å². The van der Waals surface area contributed by atoms with Crippen LogP contribution >= 0.6 is 11.6 Å². The number of carbonyl (C=O) groups excluding carboxylic acids is 1. The van der Waals surface area contributed by atoms with Gasteiger partial charge in [0.15, 0.2) is 5.78 Å². The van der Waals surface area contributed by atoms with Crippen LogP contribution in [0.4, 0.5) is 4.39 Å². The molecule has 0 radical (unpaired) electrons. The van der Waals surface area contributed by atoms with E-state index in [1.807, 2.05) is 6.92 Å². The van der Waals surface area contributed by atoms with Gasteiger partial charge in [0.25, 0.3) is 0 Å². The highest BCUT2D eigenvalue weighted by atomic mass is 35.5. The van der Waals surface area contributed by atoms with Crippen molar-refractivity contribution in [2.75, 3.05) is 0 Å². The molecule has 0 fully saturated rings. The maximum atomic E-state index is 12.9. The normalized spacial score (nSPS) is 10.3. The second-order valence-electron chi connectivity index (χ2n) is 3.68. The molecule has 0 bridgehead atoms. The molecule has 0 aliphatic carbocycles. The van der Waals surface area contributed by atoms with Crippen molar-refractivity contribution >= 4 is 17.4 Å². The van der Waals surface area contributed by atoms with Crippen LogP contribution < -0.4 is 0 Å². The number of benzene rings is 1. The Morgan fingerprint density at radius 1 is 1.24 bits per heavy atom. The lowest BCUT2D eigenvalue weighted by atomic mass is 10.0. The monoisotopic (exact) mass is 249 g/mol. The maximum absolute atomic E-state index is 12.9. The van der Waals surface area contributed by atoms with Crippen molar-refractivity contribution in [1.29, 1.82) is 0 Å². The quantitative estimate of drug-likeness (QED) is 0.764. The van der Waals surface area contributed by atoms with Crippen LogP contribution in [-0.4, -0.2) is 10.8 Å². The molecular formula is C13H9ClFNO. The first-order chi connectivity index (χ1) is 8.08. The maximum Gasteiger partial charge on any atom is 0.194 e. The van der Waals surface area contributed by atoms with Crippen LogP contribution in [0.2, 0.25) is 5.02 Å². The summed E-state index contributed by atoms with van der Waals surface area (Å²) in [6.07, 6.45) is 2.39. The Labute approximate surface area is 103 Å². The number of halogens is 2. The number of hydrogen-bond acceptors (Lipinski definition) is 2. The first-order valence-electron chi connectivity index (χ1n) is 4.99. The van der Waals surface area contributed by atoms with Crippen LogP contribution in [0.1, 0.15) is 21.5 Å². The van der Waals surface area contributed by atoms with Gasteiger partial charge >= 0.3 is 0 Å². The molecule has 0 N–H and O–H groups in total. The molecular weight excluding hydrogens is 241 g/mol. The van der Waals surface area contributed by atoms with Crippen LogP contribution in [0.25, 0.3) is 0 Å². The number of hydrogen-bond donors (Lipinski definition) is 0. The van der Waals surface area contributed by atoms with E-state index in [2.05, 4.69) is 4.98 Å². The molecule has 2 rings (SSSR count). The molecule has 0 atom stereocenters. The minimum Gasteiger partial charge on any atom is -0.289 e. The zero-order chi connectivity index (χ0) is 12.4. The Morgan fingerprint density at radius 3 is 2.65 bits per heavy atom. The molecule has 0 saturated carbocycles. The summed E-state index contributed by atoms with van der Waals surface area (Å²) < 4.78 is 12.9. The van der Waals surface area contributed by atoms with Gasteiger partial charge in [-0.05, 0) is 24.6 Å². The van der Waals surface area contributed by atoms with Crippen molar-refractivity contribution in [2.24, 2.45) is 0 Å². The average Bonchev–Trinajstić information content (AvgIpc) is 2.32. The van der Waals surface area contributed by atoms with Gasteiger partial charge in [0.2, 0.25) is 0 Å². The summed E-state index contributed by atoms with van der Waals surface area (Å²) >= 11 is 5.93. The summed E-state index contributed by atoms with van der Waals surface area (Å²) in [4.78, 5) is 15.6. The van der Waals surface area contributed by atoms with E-state index in [1.54, 1.807) is 18.2 Å². The summed E-state index contributed by atoms with van der Waals surface area (Å²) in [5.41, 5.74) is 1.53. The molecule has 17 heavy (non-hydrogen) atoms. The lowest BCUT2D eigenvalue weighted by Crippen LogP contribution is -2.02. The number of ketones is 1. The number of aromatic nitrogens is 1. The van der Waals surface area contributed by atoms with Crippen LogP contribution in [0.3, 0.4) is 0 Å². The third kappa shape index (κ3) is 2.50. The fraction of sp³-hybridized carbons (Fsp3) is 0.0769. The van der Waals surface area contributed by atoms with Gasteiger partial charge < -0.3 is 0 Å². The highest BCUT2D eigenvalue weighted by molar-refractivity contribution is 6.31. The number of aryl methyl sites for hydroxylation is 1. The van der Waals surface area contributed by atoms with E-state index < -0.39 is 5.82 Å². The molecule has 2 nitrogen and oxygen atoms in total. The second-order valence-corrected chi connectivity index (χ2v) is 4.09. The standard InChI is InChI=1S/C13H9ClFNO/c1-8-2-3-9(5-12(8)14)13(17)10-4-11(15)7-16-6-10/h2-7H,1H3. The molecule has 1 aromatic heterocycles. The average molecular weight is 250 g/mol. The summed E-state index contributed by atoms with van der Waals surface area (Å²) in [6.45, 7) is 1.85. The van der Waals surface area contributed by atoms with Crippen LogP contribution in [-0.2, 0) is 0 Å². The first kappa shape index (κ1) is 11.7. The summed E-state index contributed by atoms with van der Waals surface area (Å²) in [5, 5.41) is 0.514. The molecule has 0 saturated heterocycles. The number of rotatable bonds is 2. The second kappa shape index (κ2) is 4.63. The fourth-order valence-electron chi connectivity index (χ4n) is 1.44. The van der Waals surface area contributed by atoms with Gasteiger partial charge in [0.1, 0.15) is 5.82 Å². The Balaban J connectivity index is 2.40. The van der Waals surface area contributed by atoms with Gasteiger partial charge in [-0.25, -0.2) is 4.39 Å². The zero-order valence-electron chi connectivity index (χ0n) is 9.08. The van der Waals surface area contributed by atoms with E-state index in [0.717, 1.165) is 17.8 Å². The summed E-state index contributed by atoms with van der Waals surface area (Å²) in [5.74, 6) is -0.826. The third-order valence-corrected chi connectivity index (χ3v) is 2.81. The number of carbonyl (C=O) groups is 1. The Bertz CT molecular complexity index is 583. The van der Waals surface area contributed by atoms with Gasteiger partial charge in [-0.1, -0.05) is 23.7 Å². The minimum absolute atomic E-state index is 0.213. The van der Waals surface area contributed by atoms with Crippen LogP contribution in [0, 0.1) is 12.7 Å². The lowest BCUT2D eigenvalue weighted by molar-refractivity contribution is 0.103. The minimum atomic E-state index is -0.533. The molecule has 0 aliphatic heterocycles. The van der Waals surface area contributed by atoms with E-state index in [-0.39, 0.29) is 11.3 Å². The van der Waals surface area contributed by atoms with Crippen molar-refractivity contribution in [3.63, 3.8) is 0 Å². The summed E-state index contributed by atoms with van der Waals surface area (Å²) in [6, 6.07) is 6.14. The highest BCUT2D eigenvalue weighted by Gasteiger charge is 2.11. The molecule has 0 aliphatic rings. The van der Waals surface area contributed by atoms with Crippen molar-refractivity contribution < 1.29 is 9.18 Å². The topological polar surface area (TPSA) is 30.0 Å². The van der Waals surface area contributed by atoms with Gasteiger partial charge in [0.05, 0.1) is 6.20 Å². The largest absolute Gasteiger partial charge is 0.289 e. The molecule has 0 amide bonds. The third-order valence-electron chi connectivity index (χ3n) is 2.40. The Hall–Kier alpha value is -1.74. The van der Waals surface area contributed by atoms with Crippen LogP contribution in [0.15, 0.2) is 36.7 Å². The van der Waals surface area contributed by atoms with Gasteiger partial charge in [-0.15, -0.1) is 0 Å². The van der Waals surface area contributed by atoms with Crippen LogP contribution in [0.5, 0.6) is 0 Å². The summed E-state index contributed by atoms with van der Waals surface area (Å²) in [7, 11) is 0. The van der Waals surface area contributed by atoms with Gasteiger partial charge in [-0.2, -0.15) is 0 Å². The van der Waals surface area contributed by atoms with E-state index in [1.165, 1.54) is 6.20 Å². The smallest absolute Gasteiger partial charge is 0.194 e. The Morgan fingerprint density at radius 2 is 2.00 bits per heavy atom. The molecule has 1 heterocycles. The molecule has 4 heteroatoms. The molecule has 0 spiro atoms. The van der Waals surface area contributed by atoms with E-state index in [9.17, 15) is 9.18 Å². The fourth-order valence-corrected chi connectivity index (χ4v) is 1.62. The predicted octanol–water partition coefficient (Wildman–Crippen LogP) is 3.41. The predicted molar refractivity (Wildman–Crippen MR) is 63.8 cm³/mol. The number of pyridine rings is 1. The molecule has 2 aromatic rings. The van der Waals surface area contributed by atoms with E-state index in [4.69, 9.17) is 11.6 Å². The lowest BCUT2D eigenvalue weighted by Gasteiger charge is -2.03. The molecule has 0 unspecified atom stereocenters. The molecule has 86 valence electrons. The van der Waals surface area contributed by atoms with E-state index >= 15 is 0 Å². The molecule has 1 aromatic carbocycles. The number of nitrogens with zero attached hydrogens (tertiary/aromatic N) is 1. The highest BCUT2D eigenvalue weighted by Crippen LogP contribution is 2.19. The van der Waals surface area contributed by atoms with Crippen molar-refractivity contribution in [1.82, 2.24) is 4.98 Å². The van der Waals surface area contributed by atoms with Crippen molar-refractivity contribution in [3.8, 4) is 0 Å².